The molecule has 1 N–H and O–H groups in total. The van der Waals surface area contributed by atoms with E-state index in [1.165, 1.54) is 15.0 Å². The summed E-state index contributed by atoms with van der Waals surface area (Å²) in [5.74, 6) is 0.737. The number of aromatic nitrogens is 3. The van der Waals surface area contributed by atoms with E-state index in [0.717, 1.165) is 85.5 Å². The van der Waals surface area contributed by atoms with Crippen molar-refractivity contribution in [3.63, 3.8) is 0 Å². The Morgan fingerprint density at radius 2 is 1.97 bits per heavy atom. The van der Waals surface area contributed by atoms with Crippen molar-refractivity contribution in [2.24, 2.45) is 0 Å². The first-order chi connectivity index (χ1) is 14.8. The molecular weight excluding hydrogens is 398 g/mol. The van der Waals surface area contributed by atoms with Gasteiger partial charge in [0.15, 0.2) is 11.5 Å². The normalized spacial score (nSPS) is 17.2. The first-order valence-corrected chi connectivity index (χ1v) is 11.4. The molecule has 0 saturated carbocycles. The molecule has 3 aromatic heterocycles. The number of morpholine rings is 1. The van der Waals surface area contributed by atoms with Crippen LogP contribution < -0.4 is 10.9 Å². The molecule has 0 amide bonds. The minimum atomic E-state index is -0.0450. The molecule has 4 heterocycles. The Labute approximate surface area is 177 Å². The third kappa shape index (κ3) is 2.90. The highest BCUT2D eigenvalue weighted by Gasteiger charge is 2.23. The fourth-order valence-corrected chi connectivity index (χ4v) is 5.88. The van der Waals surface area contributed by atoms with Gasteiger partial charge in [0.05, 0.1) is 18.6 Å². The molecule has 6 rings (SSSR count). The lowest BCUT2D eigenvalue weighted by Gasteiger charge is -2.26. The van der Waals surface area contributed by atoms with Gasteiger partial charge in [-0.25, -0.2) is 4.98 Å². The van der Waals surface area contributed by atoms with E-state index in [1.54, 1.807) is 11.3 Å². The highest BCUT2D eigenvalue weighted by Crippen LogP contribution is 2.35. The van der Waals surface area contributed by atoms with Crippen LogP contribution in [0.2, 0.25) is 0 Å². The smallest absolute Gasteiger partial charge is 0.283 e. The summed E-state index contributed by atoms with van der Waals surface area (Å²) in [6, 6.07) is 8.07. The van der Waals surface area contributed by atoms with Gasteiger partial charge in [-0.3, -0.25) is 9.69 Å². The number of hydrogen-bond acceptors (Lipinski definition) is 7. The zero-order valence-electron chi connectivity index (χ0n) is 16.7. The second-order valence-electron chi connectivity index (χ2n) is 7.96. The fourth-order valence-electron chi connectivity index (χ4n) is 4.63. The highest BCUT2D eigenvalue weighted by molar-refractivity contribution is 7.18. The number of rotatable bonds is 4. The van der Waals surface area contributed by atoms with Crippen molar-refractivity contribution in [2.45, 2.75) is 19.3 Å². The van der Waals surface area contributed by atoms with Crippen LogP contribution in [0.3, 0.4) is 0 Å². The molecule has 0 radical (unpaired) electrons. The van der Waals surface area contributed by atoms with Gasteiger partial charge in [-0.2, -0.15) is 4.52 Å². The highest BCUT2D eigenvalue weighted by atomic mass is 32.1. The summed E-state index contributed by atoms with van der Waals surface area (Å²) in [7, 11) is 0. The first kappa shape index (κ1) is 18.2. The predicted molar refractivity (Wildman–Crippen MR) is 120 cm³/mol. The molecule has 8 heteroatoms. The van der Waals surface area contributed by atoms with Crippen LogP contribution in [0.1, 0.15) is 16.9 Å². The Morgan fingerprint density at radius 3 is 2.83 bits per heavy atom. The van der Waals surface area contributed by atoms with E-state index in [1.807, 2.05) is 24.3 Å². The number of fused-ring (bicyclic) bond motifs is 6. The number of benzene rings is 1. The number of anilines is 1. The molecule has 1 aromatic carbocycles. The Bertz CT molecular complexity index is 1320. The van der Waals surface area contributed by atoms with Crippen LogP contribution in [0.15, 0.2) is 29.1 Å². The Balaban J connectivity index is 1.46. The lowest BCUT2D eigenvalue weighted by Crippen LogP contribution is -2.39. The van der Waals surface area contributed by atoms with Crippen LogP contribution in [0, 0.1) is 0 Å². The monoisotopic (exact) mass is 421 g/mol. The van der Waals surface area contributed by atoms with Crippen LogP contribution in [0.25, 0.3) is 26.6 Å². The maximum absolute atomic E-state index is 13.4. The van der Waals surface area contributed by atoms with Crippen LogP contribution in [-0.4, -0.2) is 58.9 Å². The summed E-state index contributed by atoms with van der Waals surface area (Å²) in [4.78, 5) is 22.9. The van der Waals surface area contributed by atoms with Crippen molar-refractivity contribution in [3.05, 3.63) is 45.1 Å². The van der Waals surface area contributed by atoms with Crippen molar-refractivity contribution in [3.8, 4) is 0 Å². The maximum Gasteiger partial charge on any atom is 0.283 e. The van der Waals surface area contributed by atoms with E-state index in [4.69, 9.17) is 14.8 Å². The van der Waals surface area contributed by atoms with E-state index in [0.29, 0.717) is 5.65 Å². The number of thiophene rings is 1. The first-order valence-electron chi connectivity index (χ1n) is 10.6. The molecular formula is C22H23N5O2S. The van der Waals surface area contributed by atoms with Crippen molar-refractivity contribution >= 4 is 43.8 Å². The van der Waals surface area contributed by atoms with Gasteiger partial charge < -0.3 is 10.1 Å². The summed E-state index contributed by atoms with van der Waals surface area (Å²) in [5.41, 5.74) is 1.79. The molecule has 0 atom stereocenters. The minimum Gasteiger partial charge on any atom is -0.379 e. The van der Waals surface area contributed by atoms with Gasteiger partial charge in [0, 0.05) is 41.8 Å². The van der Waals surface area contributed by atoms with E-state index in [2.05, 4.69) is 10.2 Å². The second kappa shape index (κ2) is 7.30. The van der Waals surface area contributed by atoms with Gasteiger partial charge in [-0.05, 0) is 24.8 Å². The summed E-state index contributed by atoms with van der Waals surface area (Å²) in [5, 5.41) is 10.9. The summed E-state index contributed by atoms with van der Waals surface area (Å²) < 4.78 is 6.93. The zero-order chi connectivity index (χ0) is 20.1. The molecule has 0 bridgehead atoms. The third-order valence-corrected chi connectivity index (χ3v) is 7.35. The SMILES string of the molecule is O=c1c2c3c(sc2nc2c4ccccc4c(NCCN4CCOCC4)nn12)CCC3. The lowest BCUT2D eigenvalue weighted by molar-refractivity contribution is 0.0398. The van der Waals surface area contributed by atoms with E-state index >= 15 is 0 Å². The molecule has 1 aliphatic heterocycles. The molecule has 2 aliphatic rings. The predicted octanol–water partition coefficient (Wildman–Crippen LogP) is 2.69. The molecule has 7 nitrogen and oxygen atoms in total. The minimum absolute atomic E-state index is 0.0450. The summed E-state index contributed by atoms with van der Waals surface area (Å²) in [6.45, 7) is 5.18. The van der Waals surface area contributed by atoms with Crippen molar-refractivity contribution in [1.29, 1.82) is 0 Å². The van der Waals surface area contributed by atoms with Gasteiger partial charge in [-0.1, -0.05) is 24.3 Å². The third-order valence-electron chi connectivity index (χ3n) is 6.16. The number of nitrogens with zero attached hydrogens (tertiary/aromatic N) is 4. The number of aryl methyl sites for hydroxylation is 2. The van der Waals surface area contributed by atoms with Gasteiger partial charge >= 0.3 is 0 Å². The van der Waals surface area contributed by atoms with Crippen LogP contribution in [-0.2, 0) is 17.6 Å². The van der Waals surface area contributed by atoms with Crippen molar-refractivity contribution in [1.82, 2.24) is 19.5 Å². The second-order valence-corrected chi connectivity index (χ2v) is 9.05. The quantitative estimate of drug-likeness (QED) is 0.511. The van der Waals surface area contributed by atoms with Gasteiger partial charge in [0.1, 0.15) is 4.83 Å². The van der Waals surface area contributed by atoms with Gasteiger partial charge in [0.2, 0.25) is 0 Å². The Hall–Kier alpha value is -2.55. The van der Waals surface area contributed by atoms with Crippen molar-refractivity contribution < 1.29 is 4.74 Å². The van der Waals surface area contributed by atoms with E-state index in [9.17, 15) is 4.79 Å². The van der Waals surface area contributed by atoms with Crippen LogP contribution >= 0.6 is 11.3 Å². The molecule has 4 aromatic rings. The molecule has 154 valence electrons. The van der Waals surface area contributed by atoms with E-state index < -0.39 is 0 Å². The fraction of sp³-hybridized carbons (Fsp3) is 0.409. The molecule has 0 unspecified atom stereocenters. The van der Waals surface area contributed by atoms with Crippen LogP contribution in [0.4, 0.5) is 5.82 Å². The van der Waals surface area contributed by atoms with Gasteiger partial charge in [-0.15, -0.1) is 16.4 Å². The van der Waals surface area contributed by atoms with Crippen molar-refractivity contribution in [2.75, 3.05) is 44.7 Å². The maximum atomic E-state index is 13.4. The number of hydrogen-bond donors (Lipinski definition) is 1. The summed E-state index contributed by atoms with van der Waals surface area (Å²) in [6.07, 6.45) is 3.15. The number of nitrogens with one attached hydrogen (secondary N) is 1. The molecule has 0 spiro atoms. The lowest BCUT2D eigenvalue weighted by atomic mass is 10.1. The molecule has 30 heavy (non-hydrogen) atoms. The largest absolute Gasteiger partial charge is 0.379 e. The Kier molecular flexibility index (Phi) is 4.44. The Morgan fingerprint density at radius 1 is 1.13 bits per heavy atom. The topological polar surface area (TPSA) is 71.8 Å². The van der Waals surface area contributed by atoms with Gasteiger partial charge in [0.25, 0.3) is 5.56 Å². The average Bonchev–Trinajstić information content (AvgIpc) is 3.36. The van der Waals surface area contributed by atoms with E-state index in [-0.39, 0.29) is 5.56 Å². The average molecular weight is 422 g/mol. The standard InChI is InChI=1S/C22H23N5O2S/c28-22-18-16-6-3-7-17(16)30-21(18)24-20-15-5-2-1-4-14(15)19(25-27(20)22)23-8-9-26-10-12-29-13-11-26/h1-2,4-5H,3,6-13H2,(H,23,25). The molecule has 1 fully saturated rings. The zero-order valence-corrected chi connectivity index (χ0v) is 17.5. The summed E-state index contributed by atoms with van der Waals surface area (Å²) >= 11 is 1.67. The van der Waals surface area contributed by atoms with Crippen LogP contribution in [0.5, 0.6) is 0 Å². The number of ether oxygens (including phenoxy) is 1. The molecule has 1 aliphatic carbocycles. The molecule has 1 saturated heterocycles.